The molecule has 14 heavy (non-hydrogen) atoms. The van der Waals surface area contributed by atoms with E-state index in [-0.39, 0.29) is 5.56 Å². The summed E-state index contributed by atoms with van der Waals surface area (Å²) in [4.78, 5) is 13.8. The zero-order valence-corrected chi connectivity index (χ0v) is 10.0. The maximum atomic E-state index is 10.9. The standard InChI is InChI=1S/C9H5Br2NO2/c10-5-1-2-6(11)8-7(5)4(3-12-8)9(13)14/h1-3,12H,(H,13,14). The van der Waals surface area contributed by atoms with Crippen LogP contribution in [-0.2, 0) is 0 Å². The Morgan fingerprint density at radius 3 is 2.57 bits per heavy atom. The molecule has 0 amide bonds. The quantitative estimate of drug-likeness (QED) is 0.846. The van der Waals surface area contributed by atoms with E-state index in [4.69, 9.17) is 5.11 Å². The van der Waals surface area contributed by atoms with Gasteiger partial charge in [0.25, 0.3) is 0 Å². The number of carbonyl (C=O) groups is 1. The third-order valence-corrected chi connectivity index (χ3v) is 3.29. The first-order valence-corrected chi connectivity index (χ1v) is 5.38. The van der Waals surface area contributed by atoms with Gasteiger partial charge in [-0.3, -0.25) is 0 Å². The van der Waals surface area contributed by atoms with Crippen LogP contribution >= 0.6 is 31.9 Å². The van der Waals surface area contributed by atoms with Gasteiger partial charge >= 0.3 is 5.97 Å². The molecule has 2 aromatic rings. The van der Waals surface area contributed by atoms with Crippen LogP contribution in [0.5, 0.6) is 0 Å². The first-order chi connectivity index (χ1) is 6.61. The molecule has 0 fully saturated rings. The highest BCUT2D eigenvalue weighted by Crippen LogP contribution is 2.32. The van der Waals surface area contributed by atoms with Crippen LogP contribution in [0.4, 0.5) is 0 Å². The summed E-state index contributed by atoms with van der Waals surface area (Å²) in [6.45, 7) is 0. The van der Waals surface area contributed by atoms with Crippen molar-refractivity contribution in [3.63, 3.8) is 0 Å². The van der Waals surface area contributed by atoms with Crippen LogP contribution in [0.3, 0.4) is 0 Å². The first kappa shape index (κ1) is 9.73. The van der Waals surface area contributed by atoms with E-state index in [1.54, 1.807) is 0 Å². The van der Waals surface area contributed by atoms with Gasteiger partial charge in [0.05, 0.1) is 11.1 Å². The second-order valence-electron chi connectivity index (χ2n) is 2.79. The van der Waals surface area contributed by atoms with Gasteiger partial charge < -0.3 is 10.1 Å². The minimum Gasteiger partial charge on any atom is -0.478 e. The van der Waals surface area contributed by atoms with Gasteiger partial charge in [-0.25, -0.2) is 4.79 Å². The van der Waals surface area contributed by atoms with Crippen molar-refractivity contribution in [1.82, 2.24) is 4.98 Å². The maximum Gasteiger partial charge on any atom is 0.337 e. The van der Waals surface area contributed by atoms with E-state index < -0.39 is 5.97 Å². The molecule has 0 spiro atoms. The molecule has 0 saturated heterocycles. The van der Waals surface area contributed by atoms with Crippen molar-refractivity contribution in [2.75, 3.05) is 0 Å². The van der Waals surface area contributed by atoms with Crippen LogP contribution < -0.4 is 0 Å². The Balaban J connectivity index is 2.90. The summed E-state index contributed by atoms with van der Waals surface area (Å²) in [5.41, 5.74) is 1.06. The number of hydrogen-bond acceptors (Lipinski definition) is 1. The molecular weight excluding hydrogens is 314 g/mol. The van der Waals surface area contributed by atoms with E-state index in [1.807, 2.05) is 12.1 Å². The number of carboxylic acid groups (broad SMARTS) is 1. The predicted octanol–water partition coefficient (Wildman–Crippen LogP) is 3.39. The third kappa shape index (κ3) is 1.36. The van der Waals surface area contributed by atoms with Crippen LogP contribution in [0.25, 0.3) is 10.9 Å². The summed E-state index contributed by atoms with van der Waals surface area (Å²) in [5, 5.41) is 9.62. The lowest BCUT2D eigenvalue weighted by atomic mass is 10.2. The Morgan fingerprint density at radius 1 is 1.29 bits per heavy atom. The molecule has 0 unspecified atom stereocenters. The molecule has 1 aromatic carbocycles. The number of aromatic nitrogens is 1. The van der Waals surface area contributed by atoms with Gasteiger partial charge in [0, 0.05) is 20.5 Å². The van der Waals surface area contributed by atoms with Crippen molar-refractivity contribution >= 4 is 48.7 Å². The lowest BCUT2D eigenvalue weighted by Gasteiger charge is -1.98. The largest absolute Gasteiger partial charge is 0.478 e. The average Bonchev–Trinajstić information content (AvgIpc) is 2.56. The Kier molecular flexibility index (Phi) is 2.36. The summed E-state index contributed by atoms with van der Waals surface area (Å²) in [5.74, 6) is -0.935. The number of nitrogens with one attached hydrogen (secondary N) is 1. The second kappa shape index (κ2) is 3.40. The summed E-state index contributed by atoms with van der Waals surface area (Å²) in [7, 11) is 0. The van der Waals surface area contributed by atoms with Gasteiger partial charge in [-0.15, -0.1) is 0 Å². The van der Waals surface area contributed by atoms with Crippen LogP contribution in [0.15, 0.2) is 27.3 Å². The van der Waals surface area contributed by atoms with Crippen molar-refractivity contribution in [2.45, 2.75) is 0 Å². The molecule has 0 aliphatic heterocycles. The molecule has 5 heteroatoms. The van der Waals surface area contributed by atoms with Gasteiger partial charge in [0.2, 0.25) is 0 Å². The molecule has 0 aliphatic rings. The monoisotopic (exact) mass is 317 g/mol. The Morgan fingerprint density at radius 2 is 1.93 bits per heavy atom. The van der Waals surface area contributed by atoms with Crippen LogP contribution in [0.1, 0.15) is 10.4 Å². The SMILES string of the molecule is O=C(O)c1c[nH]c2c(Br)ccc(Br)c12. The van der Waals surface area contributed by atoms with E-state index in [9.17, 15) is 4.79 Å². The topological polar surface area (TPSA) is 53.1 Å². The van der Waals surface area contributed by atoms with Gasteiger partial charge in [0.15, 0.2) is 0 Å². The highest BCUT2D eigenvalue weighted by molar-refractivity contribution is 9.11. The molecule has 2 N–H and O–H groups in total. The fourth-order valence-corrected chi connectivity index (χ4v) is 2.33. The van der Waals surface area contributed by atoms with Crippen LogP contribution in [-0.4, -0.2) is 16.1 Å². The van der Waals surface area contributed by atoms with Crippen molar-refractivity contribution in [1.29, 1.82) is 0 Å². The number of carboxylic acids is 1. The number of fused-ring (bicyclic) bond motifs is 1. The molecule has 0 bridgehead atoms. The van der Waals surface area contributed by atoms with E-state index in [2.05, 4.69) is 36.8 Å². The molecule has 1 aromatic heterocycles. The Labute approximate surface area is 96.4 Å². The van der Waals surface area contributed by atoms with Crippen molar-refractivity contribution < 1.29 is 9.90 Å². The molecule has 0 radical (unpaired) electrons. The Hall–Kier alpha value is -0.810. The zero-order chi connectivity index (χ0) is 10.3. The fraction of sp³-hybridized carbons (Fsp3) is 0. The normalized spacial score (nSPS) is 10.7. The minimum absolute atomic E-state index is 0.271. The van der Waals surface area contributed by atoms with Gasteiger partial charge in [-0.05, 0) is 28.1 Å². The molecule has 2 rings (SSSR count). The molecule has 72 valence electrons. The number of benzene rings is 1. The van der Waals surface area contributed by atoms with E-state index >= 15 is 0 Å². The smallest absolute Gasteiger partial charge is 0.337 e. The summed E-state index contributed by atoms with van der Waals surface area (Å²) in [6.07, 6.45) is 1.49. The van der Waals surface area contributed by atoms with Crippen LogP contribution in [0.2, 0.25) is 0 Å². The summed E-state index contributed by atoms with van der Waals surface area (Å²) >= 11 is 6.67. The van der Waals surface area contributed by atoms with Crippen molar-refractivity contribution in [2.24, 2.45) is 0 Å². The number of H-pyrrole nitrogens is 1. The number of aromatic carboxylic acids is 1. The van der Waals surface area contributed by atoms with E-state index in [0.717, 1.165) is 14.5 Å². The van der Waals surface area contributed by atoms with Gasteiger partial charge in [-0.1, -0.05) is 15.9 Å². The molecular formula is C9H5Br2NO2. The number of aromatic amines is 1. The highest BCUT2D eigenvalue weighted by atomic mass is 79.9. The van der Waals surface area contributed by atoms with Crippen molar-refractivity contribution in [3.8, 4) is 0 Å². The molecule has 0 atom stereocenters. The zero-order valence-electron chi connectivity index (χ0n) is 6.84. The molecule has 3 nitrogen and oxygen atoms in total. The van der Waals surface area contributed by atoms with E-state index in [1.165, 1.54) is 6.20 Å². The van der Waals surface area contributed by atoms with E-state index in [0.29, 0.717) is 5.39 Å². The number of halogens is 2. The highest BCUT2D eigenvalue weighted by Gasteiger charge is 2.14. The number of rotatable bonds is 1. The second-order valence-corrected chi connectivity index (χ2v) is 4.50. The van der Waals surface area contributed by atoms with Gasteiger partial charge in [0.1, 0.15) is 0 Å². The molecule has 0 aliphatic carbocycles. The molecule has 1 heterocycles. The number of hydrogen-bond donors (Lipinski definition) is 2. The summed E-state index contributed by atoms with van der Waals surface area (Å²) < 4.78 is 1.62. The third-order valence-electron chi connectivity index (χ3n) is 1.96. The van der Waals surface area contributed by atoms with Crippen LogP contribution in [0, 0.1) is 0 Å². The lowest BCUT2D eigenvalue weighted by Crippen LogP contribution is -1.93. The first-order valence-electron chi connectivity index (χ1n) is 3.79. The predicted molar refractivity (Wildman–Crippen MR) is 60.7 cm³/mol. The van der Waals surface area contributed by atoms with Crippen molar-refractivity contribution in [3.05, 3.63) is 32.8 Å². The minimum atomic E-state index is -0.935. The Bertz CT molecular complexity index is 519. The maximum absolute atomic E-state index is 10.9. The fourth-order valence-electron chi connectivity index (χ4n) is 1.34. The summed E-state index contributed by atoms with van der Waals surface area (Å²) in [6, 6.07) is 3.67. The van der Waals surface area contributed by atoms with Gasteiger partial charge in [-0.2, -0.15) is 0 Å². The molecule has 0 saturated carbocycles. The average molecular weight is 319 g/mol. The lowest BCUT2D eigenvalue weighted by molar-refractivity contribution is 0.0699.